The third-order valence-electron chi connectivity index (χ3n) is 0.964. The molecule has 0 rings (SSSR count). The zero-order valence-electron chi connectivity index (χ0n) is 8.00. The van der Waals surface area contributed by atoms with Gasteiger partial charge in [-0.1, -0.05) is 18.2 Å². The molecule has 0 bridgehead atoms. The first-order valence-corrected chi connectivity index (χ1v) is 4.00. The summed E-state index contributed by atoms with van der Waals surface area (Å²) < 4.78 is 0. The van der Waals surface area contributed by atoms with E-state index in [9.17, 15) is 4.79 Å². The molecule has 5 nitrogen and oxygen atoms in total. The smallest absolute Gasteiger partial charge is 0.328 e. The van der Waals surface area contributed by atoms with Crippen molar-refractivity contribution in [3.63, 3.8) is 0 Å². The Balaban J connectivity index is 0. The fourth-order valence-corrected chi connectivity index (χ4v) is 0.307. The van der Waals surface area contributed by atoms with E-state index in [4.69, 9.17) is 20.4 Å². The molecule has 0 amide bonds. The average Bonchev–Trinajstić information content (AvgIpc) is 2.17. The van der Waals surface area contributed by atoms with Crippen molar-refractivity contribution in [3.8, 4) is 0 Å². The summed E-state index contributed by atoms with van der Waals surface area (Å²) in [6.45, 7) is 1.10. The van der Waals surface area contributed by atoms with Crippen molar-refractivity contribution in [3.05, 3.63) is 24.3 Å². The Kier molecular flexibility index (Phi) is 12.9. The lowest BCUT2D eigenvalue weighted by molar-refractivity contribution is -0.131. The van der Waals surface area contributed by atoms with Gasteiger partial charge in [0.25, 0.3) is 0 Å². The molecule has 5 heteroatoms. The molecule has 0 aliphatic rings. The van der Waals surface area contributed by atoms with Crippen molar-refractivity contribution in [2.75, 3.05) is 13.2 Å². The molecule has 0 fully saturated rings. The normalized spacial score (nSPS) is 10.6. The highest BCUT2D eigenvalue weighted by molar-refractivity contribution is 5.80. The van der Waals surface area contributed by atoms with Crippen LogP contribution in [0.3, 0.4) is 0 Å². The van der Waals surface area contributed by atoms with Gasteiger partial charge in [0.05, 0.1) is 13.2 Å². The third kappa shape index (κ3) is 17.1. The van der Waals surface area contributed by atoms with Gasteiger partial charge in [0.1, 0.15) is 6.10 Å². The molecule has 4 N–H and O–H groups in total. The lowest BCUT2D eigenvalue weighted by Crippen LogP contribution is -2.15. The van der Waals surface area contributed by atoms with Gasteiger partial charge in [-0.2, -0.15) is 0 Å². The molecule has 0 atom stereocenters. The van der Waals surface area contributed by atoms with E-state index in [1.165, 1.54) is 6.08 Å². The minimum absolute atomic E-state index is 0.365. The summed E-state index contributed by atoms with van der Waals surface area (Å²) in [5, 5.41) is 32.0. The maximum absolute atomic E-state index is 9.75. The van der Waals surface area contributed by atoms with Crippen LogP contribution in [0.4, 0.5) is 0 Å². The largest absolute Gasteiger partial charge is 0.478 e. The van der Waals surface area contributed by atoms with Crippen LogP contribution < -0.4 is 0 Å². The van der Waals surface area contributed by atoms with Gasteiger partial charge in [-0.25, -0.2) is 4.79 Å². The summed E-state index contributed by atoms with van der Waals surface area (Å²) >= 11 is 0. The van der Waals surface area contributed by atoms with Crippen molar-refractivity contribution in [2.45, 2.75) is 13.0 Å². The molecule has 0 unspecified atom stereocenters. The van der Waals surface area contributed by atoms with E-state index in [1.54, 1.807) is 12.2 Å². The maximum atomic E-state index is 9.75. The van der Waals surface area contributed by atoms with Crippen molar-refractivity contribution in [1.82, 2.24) is 0 Å². The van der Waals surface area contributed by atoms with Gasteiger partial charge in [-0.05, 0) is 6.92 Å². The number of carboxylic acid groups (broad SMARTS) is 1. The molecule has 14 heavy (non-hydrogen) atoms. The SMILES string of the molecule is C/C=C/C=C/C(=O)O.OCC(O)CO. The molecular weight excluding hydrogens is 188 g/mol. The van der Waals surface area contributed by atoms with Crippen LogP contribution in [0.25, 0.3) is 0 Å². The molecule has 0 aromatic rings. The minimum atomic E-state index is -0.954. The van der Waals surface area contributed by atoms with Gasteiger partial charge >= 0.3 is 5.97 Å². The number of carbonyl (C=O) groups is 1. The highest BCUT2D eigenvalue weighted by Gasteiger charge is 1.93. The fourth-order valence-electron chi connectivity index (χ4n) is 0.307. The van der Waals surface area contributed by atoms with Crippen LogP contribution >= 0.6 is 0 Å². The summed E-state index contributed by atoms with van der Waals surface area (Å²) in [6, 6.07) is 0. The molecule has 0 aromatic heterocycles. The molecule has 0 aromatic carbocycles. The number of carboxylic acids is 1. The number of hydrogen-bond acceptors (Lipinski definition) is 4. The second-order valence-corrected chi connectivity index (χ2v) is 2.24. The van der Waals surface area contributed by atoms with Gasteiger partial charge in [-0.15, -0.1) is 0 Å². The third-order valence-corrected chi connectivity index (χ3v) is 0.964. The zero-order chi connectivity index (χ0) is 11.4. The lowest BCUT2D eigenvalue weighted by Gasteiger charge is -1.96. The Hall–Kier alpha value is -1.17. The van der Waals surface area contributed by atoms with Gasteiger partial charge in [-0.3, -0.25) is 0 Å². The van der Waals surface area contributed by atoms with Crippen molar-refractivity contribution < 1.29 is 25.2 Å². The second kappa shape index (κ2) is 11.8. The predicted molar refractivity (Wildman–Crippen MR) is 51.8 cm³/mol. The second-order valence-electron chi connectivity index (χ2n) is 2.24. The minimum Gasteiger partial charge on any atom is -0.478 e. The van der Waals surface area contributed by atoms with Crippen LogP contribution in [0.1, 0.15) is 6.92 Å². The number of allylic oxidation sites excluding steroid dienone is 3. The summed E-state index contributed by atoms with van der Waals surface area (Å²) in [4.78, 5) is 9.75. The molecule has 0 saturated heterocycles. The van der Waals surface area contributed by atoms with E-state index in [0.717, 1.165) is 6.08 Å². The number of aliphatic hydroxyl groups excluding tert-OH is 3. The number of aliphatic carboxylic acids is 1. The Labute approximate surface area is 82.6 Å². The van der Waals surface area contributed by atoms with Gasteiger partial charge in [0.2, 0.25) is 0 Å². The fraction of sp³-hybridized carbons (Fsp3) is 0.444. The maximum Gasteiger partial charge on any atom is 0.328 e. The Morgan fingerprint density at radius 2 is 1.79 bits per heavy atom. The van der Waals surface area contributed by atoms with Crippen LogP contribution in [0.2, 0.25) is 0 Å². The summed E-state index contributed by atoms with van der Waals surface area (Å²) in [5.41, 5.74) is 0. The number of aliphatic hydroxyl groups is 3. The summed E-state index contributed by atoms with van der Waals surface area (Å²) in [7, 11) is 0. The van der Waals surface area contributed by atoms with Crippen LogP contribution in [-0.2, 0) is 4.79 Å². The molecule has 0 radical (unpaired) electrons. The van der Waals surface area contributed by atoms with E-state index in [1.807, 2.05) is 6.92 Å². The highest BCUT2D eigenvalue weighted by Crippen LogP contribution is 1.74. The zero-order valence-corrected chi connectivity index (χ0v) is 8.00. The Morgan fingerprint density at radius 3 is 2.00 bits per heavy atom. The topological polar surface area (TPSA) is 98.0 Å². The average molecular weight is 204 g/mol. The summed E-state index contributed by atoms with van der Waals surface area (Å²) in [6.07, 6.45) is 5.03. The first-order valence-electron chi connectivity index (χ1n) is 4.00. The van der Waals surface area contributed by atoms with Gasteiger partial charge in [0.15, 0.2) is 0 Å². The molecular formula is C9H16O5. The standard InChI is InChI=1S/C6H8O2.C3H8O3/c1-2-3-4-5-6(7)8;4-1-3(6)2-5/h2-5H,1H3,(H,7,8);3-6H,1-2H2/b3-2+,5-4+;. The molecule has 0 aliphatic heterocycles. The Morgan fingerprint density at radius 1 is 1.29 bits per heavy atom. The van der Waals surface area contributed by atoms with E-state index in [0.29, 0.717) is 0 Å². The molecule has 0 spiro atoms. The van der Waals surface area contributed by atoms with Crippen molar-refractivity contribution in [2.24, 2.45) is 0 Å². The van der Waals surface area contributed by atoms with E-state index >= 15 is 0 Å². The van der Waals surface area contributed by atoms with Gasteiger partial charge in [0, 0.05) is 6.08 Å². The molecule has 0 heterocycles. The van der Waals surface area contributed by atoms with E-state index in [2.05, 4.69) is 0 Å². The monoisotopic (exact) mass is 204 g/mol. The van der Waals surface area contributed by atoms with E-state index in [-0.39, 0.29) is 13.2 Å². The van der Waals surface area contributed by atoms with Crippen LogP contribution in [0.15, 0.2) is 24.3 Å². The quantitative estimate of drug-likeness (QED) is 0.367. The van der Waals surface area contributed by atoms with Crippen molar-refractivity contribution >= 4 is 5.97 Å². The van der Waals surface area contributed by atoms with E-state index < -0.39 is 12.1 Å². The molecule has 0 aliphatic carbocycles. The van der Waals surface area contributed by atoms with Crippen LogP contribution in [-0.4, -0.2) is 45.7 Å². The van der Waals surface area contributed by atoms with Gasteiger partial charge < -0.3 is 20.4 Å². The first-order chi connectivity index (χ1) is 6.58. The summed E-state index contributed by atoms with van der Waals surface area (Å²) in [5.74, 6) is -0.914. The van der Waals surface area contributed by atoms with Crippen molar-refractivity contribution in [1.29, 1.82) is 0 Å². The lowest BCUT2D eigenvalue weighted by atomic mass is 10.4. The Bertz CT molecular complexity index is 182. The van der Waals surface area contributed by atoms with Crippen LogP contribution in [0.5, 0.6) is 0 Å². The molecule has 82 valence electrons. The van der Waals surface area contributed by atoms with Crippen LogP contribution in [0, 0.1) is 0 Å². The number of rotatable bonds is 4. The highest BCUT2D eigenvalue weighted by atomic mass is 16.4. The predicted octanol–water partition coefficient (Wildman–Crippen LogP) is -0.465. The first kappa shape index (κ1) is 15.3. The number of hydrogen-bond donors (Lipinski definition) is 4. The molecule has 0 saturated carbocycles.